The van der Waals surface area contributed by atoms with Crippen molar-refractivity contribution in [2.75, 3.05) is 26.0 Å². The van der Waals surface area contributed by atoms with Crippen molar-refractivity contribution in [1.29, 1.82) is 0 Å². The largest absolute Gasteiger partial charge is 0.306 e. The smallest absolute Gasteiger partial charge is 0.138 e. The zero-order valence-corrected chi connectivity index (χ0v) is 7.60. The molecule has 0 amide bonds. The van der Waals surface area contributed by atoms with E-state index in [0.29, 0.717) is 18.1 Å². The predicted octanol–water partition coefficient (Wildman–Crippen LogP) is 1.14. The van der Waals surface area contributed by atoms with Gasteiger partial charge in [-0.2, -0.15) is 0 Å². The van der Waals surface area contributed by atoms with E-state index in [9.17, 15) is 4.79 Å². The van der Waals surface area contributed by atoms with Crippen molar-refractivity contribution in [3.8, 4) is 0 Å². The van der Waals surface area contributed by atoms with Gasteiger partial charge in [0.05, 0.1) is 0 Å². The van der Waals surface area contributed by atoms with Crippen LogP contribution in [0.2, 0.25) is 0 Å². The van der Waals surface area contributed by atoms with E-state index in [2.05, 4.69) is 4.90 Å². The van der Waals surface area contributed by atoms with E-state index in [-0.39, 0.29) is 5.92 Å². The van der Waals surface area contributed by atoms with E-state index in [1.165, 1.54) is 0 Å². The molecule has 11 heavy (non-hydrogen) atoms. The van der Waals surface area contributed by atoms with Crippen molar-refractivity contribution in [3.63, 3.8) is 0 Å². The normalized spacial score (nSPS) is 25.8. The van der Waals surface area contributed by atoms with Crippen molar-refractivity contribution < 1.29 is 4.79 Å². The summed E-state index contributed by atoms with van der Waals surface area (Å²) in [5.74, 6) is 1.07. The molecular weight excluding hydrogens is 162 g/mol. The Labute approximate surface area is 72.5 Å². The topological polar surface area (TPSA) is 20.3 Å². The van der Waals surface area contributed by atoms with Crippen LogP contribution < -0.4 is 0 Å². The third kappa shape index (κ3) is 2.46. The molecule has 2 nitrogen and oxygen atoms in total. The Kier molecular flexibility index (Phi) is 3.34. The van der Waals surface area contributed by atoms with E-state index >= 15 is 0 Å². The molecule has 3 heteroatoms. The Bertz CT molecular complexity index is 149. The van der Waals surface area contributed by atoms with Crippen molar-refractivity contribution in [2.24, 2.45) is 5.92 Å². The summed E-state index contributed by atoms with van der Waals surface area (Å²) in [7, 11) is 2.05. The summed E-state index contributed by atoms with van der Waals surface area (Å²) in [6.45, 7) is 1.98. The maximum absolute atomic E-state index is 11.3. The van der Waals surface area contributed by atoms with Crippen LogP contribution in [0.3, 0.4) is 0 Å². The summed E-state index contributed by atoms with van der Waals surface area (Å²) in [4.78, 5) is 13.5. The van der Waals surface area contributed by atoms with Crippen LogP contribution >= 0.6 is 11.6 Å². The number of nitrogens with zero attached hydrogens (tertiary/aromatic N) is 1. The lowest BCUT2D eigenvalue weighted by atomic mass is 10.0. The molecule has 0 radical (unpaired) electrons. The predicted molar refractivity (Wildman–Crippen MR) is 45.9 cm³/mol. The highest BCUT2D eigenvalue weighted by molar-refractivity contribution is 6.19. The Morgan fingerprint density at radius 1 is 1.73 bits per heavy atom. The van der Waals surface area contributed by atoms with Crippen LogP contribution in [-0.2, 0) is 4.79 Å². The summed E-state index contributed by atoms with van der Waals surface area (Å²) in [5.41, 5.74) is 0. The molecule has 0 N–H and O–H groups in total. The number of Topliss-reactive ketones (excluding diaryl/α,β-unsaturated/α-hetero) is 1. The van der Waals surface area contributed by atoms with Crippen LogP contribution in [0.25, 0.3) is 0 Å². The lowest BCUT2D eigenvalue weighted by molar-refractivity contribution is -0.122. The van der Waals surface area contributed by atoms with Gasteiger partial charge in [0.1, 0.15) is 5.78 Å². The number of hydrogen-bond acceptors (Lipinski definition) is 2. The summed E-state index contributed by atoms with van der Waals surface area (Å²) in [6, 6.07) is 0. The summed E-state index contributed by atoms with van der Waals surface area (Å²) < 4.78 is 0. The molecule has 0 bridgehead atoms. The fourth-order valence-electron chi connectivity index (χ4n) is 1.50. The first-order valence-corrected chi connectivity index (χ1v) is 4.54. The molecule has 1 aliphatic heterocycles. The molecule has 1 aliphatic rings. The zero-order chi connectivity index (χ0) is 8.27. The minimum Gasteiger partial charge on any atom is -0.306 e. The van der Waals surface area contributed by atoms with Crippen LogP contribution in [0.5, 0.6) is 0 Å². The van der Waals surface area contributed by atoms with Gasteiger partial charge < -0.3 is 4.90 Å². The molecular formula is C8H14ClNO. The van der Waals surface area contributed by atoms with Gasteiger partial charge in [-0.25, -0.2) is 0 Å². The highest BCUT2D eigenvalue weighted by atomic mass is 35.5. The van der Waals surface area contributed by atoms with Crippen LogP contribution in [0, 0.1) is 5.92 Å². The second kappa shape index (κ2) is 4.07. The minimum absolute atomic E-state index is 0.263. The van der Waals surface area contributed by atoms with Crippen molar-refractivity contribution >= 4 is 17.4 Å². The number of hydrogen-bond donors (Lipinski definition) is 0. The van der Waals surface area contributed by atoms with E-state index in [0.717, 1.165) is 19.5 Å². The van der Waals surface area contributed by atoms with Crippen LogP contribution in [0.4, 0.5) is 0 Å². The van der Waals surface area contributed by atoms with Crippen molar-refractivity contribution in [1.82, 2.24) is 4.90 Å². The Balaban J connectivity index is 2.31. The first-order chi connectivity index (χ1) is 5.24. The lowest BCUT2D eigenvalue weighted by Crippen LogP contribution is -2.19. The number of ketones is 1. The van der Waals surface area contributed by atoms with Gasteiger partial charge in [-0.15, -0.1) is 11.6 Å². The van der Waals surface area contributed by atoms with Crippen molar-refractivity contribution in [3.05, 3.63) is 0 Å². The second-order valence-electron chi connectivity index (χ2n) is 3.15. The van der Waals surface area contributed by atoms with E-state index < -0.39 is 0 Å². The molecule has 0 saturated carbocycles. The maximum atomic E-state index is 11.3. The molecule has 1 rings (SSSR count). The fourth-order valence-corrected chi connectivity index (χ4v) is 1.68. The molecule has 1 atom stereocenters. The minimum atomic E-state index is 0.263. The monoisotopic (exact) mass is 175 g/mol. The molecule has 64 valence electrons. The molecule has 0 spiro atoms. The van der Waals surface area contributed by atoms with Gasteiger partial charge in [0.25, 0.3) is 0 Å². The first kappa shape index (κ1) is 9.01. The Hall–Kier alpha value is -0.0800. The molecule has 1 fully saturated rings. The Morgan fingerprint density at radius 2 is 2.45 bits per heavy atom. The molecule has 1 heterocycles. The second-order valence-corrected chi connectivity index (χ2v) is 3.53. The van der Waals surface area contributed by atoms with Gasteiger partial charge in [0.2, 0.25) is 0 Å². The number of alkyl halides is 1. The van der Waals surface area contributed by atoms with E-state index in [4.69, 9.17) is 11.6 Å². The average molecular weight is 176 g/mol. The molecule has 0 aromatic heterocycles. The summed E-state index contributed by atoms with van der Waals surface area (Å²) in [5, 5.41) is 0. The van der Waals surface area contributed by atoms with Gasteiger partial charge >= 0.3 is 0 Å². The van der Waals surface area contributed by atoms with E-state index in [1.807, 2.05) is 7.05 Å². The molecule has 0 aliphatic carbocycles. The zero-order valence-electron chi connectivity index (χ0n) is 6.85. The quantitative estimate of drug-likeness (QED) is 0.600. The molecule has 1 unspecified atom stereocenters. The third-order valence-corrected chi connectivity index (χ3v) is 2.38. The number of likely N-dealkylation sites (tertiary alicyclic amines) is 1. The maximum Gasteiger partial charge on any atom is 0.138 e. The summed E-state index contributed by atoms with van der Waals surface area (Å²) in [6.07, 6.45) is 1.56. The van der Waals surface area contributed by atoms with Gasteiger partial charge in [0, 0.05) is 24.8 Å². The van der Waals surface area contributed by atoms with Gasteiger partial charge in [-0.05, 0) is 20.0 Å². The third-order valence-electron chi connectivity index (χ3n) is 2.19. The standard InChI is InChI=1S/C8H14ClNO/c1-10-5-3-7(6-10)8(11)2-4-9/h7H,2-6H2,1H3. The van der Waals surface area contributed by atoms with E-state index in [1.54, 1.807) is 0 Å². The van der Waals surface area contributed by atoms with Gasteiger partial charge in [-0.1, -0.05) is 0 Å². The fraction of sp³-hybridized carbons (Fsp3) is 0.875. The summed E-state index contributed by atoms with van der Waals surface area (Å²) >= 11 is 5.48. The highest BCUT2D eigenvalue weighted by Crippen LogP contribution is 2.16. The number of halogens is 1. The lowest BCUT2D eigenvalue weighted by Gasteiger charge is -2.07. The number of carbonyl (C=O) groups is 1. The first-order valence-electron chi connectivity index (χ1n) is 4.01. The van der Waals surface area contributed by atoms with Gasteiger partial charge in [-0.3, -0.25) is 4.79 Å². The Morgan fingerprint density at radius 3 is 2.91 bits per heavy atom. The SMILES string of the molecule is CN1CCC(C(=O)CCCl)C1. The highest BCUT2D eigenvalue weighted by Gasteiger charge is 2.24. The van der Waals surface area contributed by atoms with Gasteiger partial charge in [0.15, 0.2) is 0 Å². The van der Waals surface area contributed by atoms with Crippen molar-refractivity contribution in [2.45, 2.75) is 12.8 Å². The van der Waals surface area contributed by atoms with Crippen LogP contribution in [0.1, 0.15) is 12.8 Å². The molecule has 0 aromatic carbocycles. The number of rotatable bonds is 3. The van der Waals surface area contributed by atoms with Crippen LogP contribution in [0.15, 0.2) is 0 Å². The van der Waals surface area contributed by atoms with Crippen LogP contribution in [-0.4, -0.2) is 36.7 Å². The number of carbonyl (C=O) groups excluding carboxylic acids is 1. The molecule has 1 saturated heterocycles. The molecule has 0 aromatic rings. The average Bonchev–Trinajstić information content (AvgIpc) is 2.36.